The Kier molecular flexibility index (Phi) is 5.22. The van der Waals surface area contributed by atoms with E-state index in [0.717, 1.165) is 6.07 Å². The highest BCUT2D eigenvalue weighted by Gasteiger charge is 2.34. The van der Waals surface area contributed by atoms with E-state index >= 15 is 0 Å². The van der Waals surface area contributed by atoms with Crippen molar-refractivity contribution in [2.75, 3.05) is 6.61 Å². The number of Topliss-reactive ketones (excluding diaryl/α,β-unsaturated/α-hetero) is 1. The predicted octanol–water partition coefficient (Wildman–Crippen LogP) is 4.01. The molecule has 1 rings (SSSR count). The Labute approximate surface area is 116 Å². The molecule has 0 saturated carbocycles. The second-order valence-corrected chi connectivity index (χ2v) is 4.54. The van der Waals surface area contributed by atoms with Gasteiger partial charge in [0.1, 0.15) is 22.1 Å². The molecule has 0 aromatic heterocycles. The summed E-state index contributed by atoms with van der Waals surface area (Å²) < 4.78 is 46.2. The average Bonchev–Trinajstić information content (AvgIpc) is 2.26. The fourth-order valence-electron chi connectivity index (χ4n) is 1.47. The van der Waals surface area contributed by atoms with Gasteiger partial charge in [0.15, 0.2) is 0 Å². The molecule has 0 saturated heterocycles. The van der Waals surface area contributed by atoms with E-state index in [1.54, 1.807) is 6.92 Å². The molecule has 1 atom stereocenters. The smallest absolute Gasteiger partial charge is 0.493 e. The average molecular weight is 341 g/mol. The van der Waals surface area contributed by atoms with E-state index in [1.165, 1.54) is 19.1 Å². The lowest BCUT2D eigenvalue weighted by Crippen LogP contribution is -2.19. The second kappa shape index (κ2) is 6.27. The lowest BCUT2D eigenvalue weighted by Gasteiger charge is -2.18. The van der Waals surface area contributed by atoms with Gasteiger partial charge in [-0.2, -0.15) is 0 Å². The fraction of sp³-hybridized carbons (Fsp3) is 0.417. The maximum atomic E-state index is 12.3. The van der Waals surface area contributed by atoms with Crippen LogP contribution in [0.1, 0.15) is 24.2 Å². The van der Waals surface area contributed by atoms with Crippen molar-refractivity contribution < 1.29 is 27.4 Å². The highest BCUT2D eigenvalue weighted by molar-refractivity contribution is 9.09. The van der Waals surface area contributed by atoms with E-state index in [0.29, 0.717) is 0 Å². The lowest BCUT2D eigenvalue weighted by molar-refractivity contribution is -0.274. The lowest BCUT2D eigenvalue weighted by atomic mass is 10.1. The van der Waals surface area contributed by atoms with Crippen molar-refractivity contribution in [1.82, 2.24) is 0 Å². The fourth-order valence-corrected chi connectivity index (χ4v) is 1.92. The minimum Gasteiger partial charge on any atom is -0.493 e. The third-order valence-corrected chi connectivity index (χ3v) is 3.26. The molecule has 7 heteroatoms. The molecule has 3 nitrogen and oxygen atoms in total. The number of alkyl halides is 4. The van der Waals surface area contributed by atoms with Gasteiger partial charge in [-0.15, -0.1) is 13.2 Å². The summed E-state index contributed by atoms with van der Waals surface area (Å²) in [5.41, 5.74) is 0.0363. The number of hydrogen-bond acceptors (Lipinski definition) is 3. The number of ether oxygens (including phenoxy) is 2. The summed E-state index contributed by atoms with van der Waals surface area (Å²) >= 11 is 3.05. The summed E-state index contributed by atoms with van der Waals surface area (Å²) in [6.45, 7) is 3.22. The molecule has 106 valence electrons. The maximum absolute atomic E-state index is 12.3. The van der Waals surface area contributed by atoms with Crippen LogP contribution in [-0.2, 0) is 4.79 Å². The zero-order chi connectivity index (χ0) is 14.6. The molecular weight excluding hydrogens is 329 g/mol. The SMILES string of the molecule is CCOc1cccc(OC(F)(F)F)c1C(Br)C(C)=O. The molecule has 0 heterocycles. The molecule has 19 heavy (non-hydrogen) atoms. The van der Waals surface area contributed by atoms with E-state index in [2.05, 4.69) is 20.7 Å². The number of halogens is 4. The first-order chi connectivity index (χ1) is 8.76. The van der Waals surface area contributed by atoms with Crippen molar-refractivity contribution in [3.05, 3.63) is 23.8 Å². The molecule has 0 aliphatic heterocycles. The molecule has 1 aromatic carbocycles. The number of carbonyl (C=O) groups excluding carboxylic acids is 1. The zero-order valence-corrected chi connectivity index (χ0v) is 11.8. The molecule has 1 unspecified atom stereocenters. The number of rotatable bonds is 5. The molecule has 0 N–H and O–H groups in total. The van der Waals surface area contributed by atoms with Gasteiger partial charge in [-0.05, 0) is 26.0 Å². The van der Waals surface area contributed by atoms with Gasteiger partial charge in [-0.1, -0.05) is 22.0 Å². The zero-order valence-electron chi connectivity index (χ0n) is 10.3. The first kappa shape index (κ1) is 15.8. The first-order valence-electron chi connectivity index (χ1n) is 5.42. The Balaban J connectivity index is 3.29. The first-order valence-corrected chi connectivity index (χ1v) is 6.33. The minimum absolute atomic E-state index is 0.0363. The van der Waals surface area contributed by atoms with E-state index in [4.69, 9.17) is 4.74 Å². The largest absolute Gasteiger partial charge is 0.573 e. The second-order valence-electron chi connectivity index (χ2n) is 3.62. The van der Waals surface area contributed by atoms with Crippen LogP contribution in [0.25, 0.3) is 0 Å². The molecule has 0 amide bonds. The molecule has 0 aliphatic carbocycles. The van der Waals surface area contributed by atoms with Gasteiger partial charge in [0.05, 0.1) is 12.2 Å². The van der Waals surface area contributed by atoms with Gasteiger partial charge >= 0.3 is 6.36 Å². The molecule has 0 radical (unpaired) electrons. The van der Waals surface area contributed by atoms with Crippen LogP contribution in [0.5, 0.6) is 11.5 Å². The quantitative estimate of drug-likeness (QED) is 0.759. The third kappa shape index (κ3) is 4.41. The van der Waals surface area contributed by atoms with E-state index in [-0.39, 0.29) is 23.7 Å². The Morgan fingerprint density at radius 1 is 1.37 bits per heavy atom. The van der Waals surface area contributed by atoms with E-state index < -0.39 is 16.9 Å². The Hall–Kier alpha value is -1.24. The van der Waals surface area contributed by atoms with Crippen LogP contribution in [0.2, 0.25) is 0 Å². The molecule has 0 spiro atoms. The molecule has 0 aliphatic rings. The topological polar surface area (TPSA) is 35.5 Å². The van der Waals surface area contributed by atoms with Crippen LogP contribution in [0, 0.1) is 0 Å². The van der Waals surface area contributed by atoms with Crippen molar-refractivity contribution in [3.8, 4) is 11.5 Å². The van der Waals surface area contributed by atoms with Gasteiger partial charge in [-0.3, -0.25) is 4.79 Å². The predicted molar refractivity (Wildman–Crippen MR) is 66.6 cm³/mol. The van der Waals surface area contributed by atoms with Crippen molar-refractivity contribution in [1.29, 1.82) is 0 Å². The van der Waals surface area contributed by atoms with Crippen molar-refractivity contribution >= 4 is 21.7 Å². The number of benzene rings is 1. The molecule has 0 bridgehead atoms. The van der Waals surface area contributed by atoms with E-state index in [9.17, 15) is 18.0 Å². The Bertz CT molecular complexity index is 460. The van der Waals surface area contributed by atoms with Gasteiger partial charge in [-0.25, -0.2) is 0 Å². The standard InChI is InChI=1S/C12H12BrF3O3/c1-3-18-8-5-4-6-9(19-12(14,15)16)10(8)11(13)7(2)17/h4-6,11H,3H2,1-2H3. The van der Waals surface area contributed by atoms with Gasteiger partial charge in [0.2, 0.25) is 0 Å². The van der Waals surface area contributed by atoms with Crippen molar-refractivity contribution in [3.63, 3.8) is 0 Å². The van der Waals surface area contributed by atoms with Crippen LogP contribution in [0.3, 0.4) is 0 Å². The highest BCUT2D eigenvalue weighted by atomic mass is 79.9. The highest BCUT2D eigenvalue weighted by Crippen LogP contribution is 2.41. The summed E-state index contributed by atoms with van der Waals surface area (Å²) in [5.74, 6) is -0.615. The van der Waals surface area contributed by atoms with Crippen LogP contribution >= 0.6 is 15.9 Å². The van der Waals surface area contributed by atoms with Crippen molar-refractivity contribution in [2.24, 2.45) is 0 Å². The monoisotopic (exact) mass is 340 g/mol. The maximum Gasteiger partial charge on any atom is 0.573 e. The van der Waals surface area contributed by atoms with Crippen LogP contribution < -0.4 is 9.47 Å². The normalized spacial score (nSPS) is 12.9. The van der Waals surface area contributed by atoms with Crippen LogP contribution in [-0.4, -0.2) is 18.8 Å². The van der Waals surface area contributed by atoms with E-state index in [1.807, 2.05) is 0 Å². The summed E-state index contributed by atoms with van der Waals surface area (Å²) in [4.78, 5) is 10.5. The number of ketones is 1. The van der Waals surface area contributed by atoms with Gasteiger partial charge in [0, 0.05) is 0 Å². The minimum atomic E-state index is -4.83. The molecule has 0 fully saturated rings. The summed E-state index contributed by atoms with van der Waals surface area (Å²) in [7, 11) is 0. The number of carbonyl (C=O) groups is 1. The Morgan fingerprint density at radius 2 is 1.95 bits per heavy atom. The number of hydrogen-bond donors (Lipinski definition) is 0. The summed E-state index contributed by atoms with van der Waals surface area (Å²) in [6, 6.07) is 4.00. The van der Waals surface area contributed by atoms with Crippen LogP contribution in [0.4, 0.5) is 13.2 Å². The molecule has 1 aromatic rings. The Morgan fingerprint density at radius 3 is 2.42 bits per heavy atom. The van der Waals surface area contributed by atoms with Gasteiger partial charge in [0.25, 0.3) is 0 Å². The molecular formula is C12H12BrF3O3. The summed E-state index contributed by atoms with van der Waals surface area (Å²) in [6.07, 6.45) is -4.83. The van der Waals surface area contributed by atoms with Crippen molar-refractivity contribution in [2.45, 2.75) is 25.0 Å². The summed E-state index contributed by atoms with van der Waals surface area (Å²) in [5, 5.41) is 0. The van der Waals surface area contributed by atoms with Gasteiger partial charge < -0.3 is 9.47 Å². The third-order valence-electron chi connectivity index (χ3n) is 2.16. The van der Waals surface area contributed by atoms with Crippen LogP contribution in [0.15, 0.2) is 18.2 Å².